The molecular formula is C9H12N2O3S. The topological polar surface area (TPSA) is 66.5 Å². The number of carbonyl (C=O) groups excluding carboxylic acids is 1. The highest BCUT2D eigenvalue weighted by Crippen LogP contribution is 1.99. The third kappa shape index (κ3) is 3.34. The molecule has 1 N–H and O–H groups in total. The number of hydrogen-bond donors (Lipinski definition) is 1. The van der Waals surface area contributed by atoms with Gasteiger partial charge in [0.15, 0.2) is 0 Å². The van der Waals surface area contributed by atoms with Crippen LogP contribution >= 0.6 is 0 Å². The predicted molar refractivity (Wildman–Crippen MR) is 56.5 cm³/mol. The molecule has 0 aliphatic heterocycles. The lowest BCUT2D eigenvalue weighted by Gasteiger charge is -2.15. The molecule has 0 bridgehead atoms. The SMILES string of the molecule is CN(NC(=O)c1ccccc1)S(C)(=O)=O. The number of hydrazine groups is 1. The van der Waals surface area contributed by atoms with Gasteiger partial charge in [-0.15, -0.1) is 4.41 Å². The van der Waals surface area contributed by atoms with Crippen molar-refractivity contribution in [1.29, 1.82) is 0 Å². The largest absolute Gasteiger partial charge is 0.271 e. The first-order valence-electron chi connectivity index (χ1n) is 4.21. The van der Waals surface area contributed by atoms with Crippen LogP contribution in [0.1, 0.15) is 10.4 Å². The molecule has 0 aliphatic rings. The summed E-state index contributed by atoms with van der Waals surface area (Å²) in [5.74, 6) is -0.455. The Morgan fingerprint density at radius 2 is 1.80 bits per heavy atom. The molecule has 0 radical (unpaired) electrons. The second kappa shape index (κ2) is 4.41. The van der Waals surface area contributed by atoms with E-state index in [1.807, 2.05) is 0 Å². The highest BCUT2D eigenvalue weighted by atomic mass is 32.2. The molecule has 0 atom stereocenters. The van der Waals surface area contributed by atoms with E-state index in [4.69, 9.17) is 0 Å². The van der Waals surface area contributed by atoms with Gasteiger partial charge >= 0.3 is 0 Å². The molecule has 0 saturated carbocycles. The van der Waals surface area contributed by atoms with E-state index in [-0.39, 0.29) is 0 Å². The Morgan fingerprint density at radius 3 is 2.27 bits per heavy atom. The fourth-order valence-corrected chi connectivity index (χ4v) is 1.13. The molecule has 1 rings (SSSR count). The second-order valence-electron chi connectivity index (χ2n) is 3.04. The molecule has 82 valence electrons. The van der Waals surface area contributed by atoms with Crippen LogP contribution in [0, 0.1) is 0 Å². The van der Waals surface area contributed by atoms with Gasteiger partial charge in [-0.1, -0.05) is 18.2 Å². The van der Waals surface area contributed by atoms with E-state index in [1.165, 1.54) is 7.05 Å². The molecule has 6 heteroatoms. The third-order valence-electron chi connectivity index (χ3n) is 1.79. The summed E-state index contributed by atoms with van der Waals surface area (Å²) in [4.78, 5) is 11.5. The smallest absolute Gasteiger partial charge is 0.266 e. The fraction of sp³-hybridized carbons (Fsp3) is 0.222. The summed E-state index contributed by atoms with van der Waals surface area (Å²) in [6, 6.07) is 8.39. The van der Waals surface area contributed by atoms with E-state index >= 15 is 0 Å². The van der Waals surface area contributed by atoms with Gasteiger partial charge in [-0.2, -0.15) is 0 Å². The first kappa shape index (κ1) is 11.7. The number of sulfonamides is 1. The highest BCUT2D eigenvalue weighted by molar-refractivity contribution is 7.88. The average Bonchev–Trinajstić information content (AvgIpc) is 2.17. The van der Waals surface area contributed by atoms with Crippen LogP contribution in [-0.2, 0) is 10.0 Å². The van der Waals surface area contributed by atoms with Gasteiger partial charge in [-0.3, -0.25) is 10.2 Å². The van der Waals surface area contributed by atoms with Gasteiger partial charge in [-0.25, -0.2) is 8.42 Å². The monoisotopic (exact) mass is 228 g/mol. The molecule has 0 fully saturated rings. The molecule has 0 spiro atoms. The van der Waals surface area contributed by atoms with Crippen LogP contribution in [0.2, 0.25) is 0 Å². The van der Waals surface area contributed by atoms with Gasteiger partial charge in [0.2, 0.25) is 10.0 Å². The van der Waals surface area contributed by atoms with Crippen molar-refractivity contribution >= 4 is 15.9 Å². The average molecular weight is 228 g/mol. The number of benzene rings is 1. The molecule has 15 heavy (non-hydrogen) atoms. The van der Waals surface area contributed by atoms with Gasteiger partial charge in [0.05, 0.1) is 6.26 Å². The van der Waals surface area contributed by atoms with Crippen LogP contribution < -0.4 is 5.43 Å². The summed E-state index contributed by atoms with van der Waals surface area (Å²) in [5.41, 5.74) is 2.65. The van der Waals surface area contributed by atoms with E-state index in [9.17, 15) is 13.2 Å². The second-order valence-corrected chi connectivity index (χ2v) is 5.05. The summed E-state index contributed by atoms with van der Waals surface area (Å²) >= 11 is 0. The summed E-state index contributed by atoms with van der Waals surface area (Å²) in [7, 11) is -2.13. The van der Waals surface area contributed by atoms with Gasteiger partial charge in [0.25, 0.3) is 5.91 Å². The zero-order valence-electron chi connectivity index (χ0n) is 8.47. The Hall–Kier alpha value is -1.40. The maximum Gasteiger partial charge on any atom is 0.266 e. The minimum absolute atomic E-state index is 0.410. The fourth-order valence-electron chi connectivity index (χ4n) is 0.880. The van der Waals surface area contributed by atoms with Gasteiger partial charge in [-0.05, 0) is 12.1 Å². The van der Waals surface area contributed by atoms with Crippen LogP contribution in [-0.4, -0.2) is 32.0 Å². The van der Waals surface area contributed by atoms with E-state index in [0.717, 1.165) is 10.7 Å². The standard InChI is InChI=1S/C9H12N2O3S/c1-11(15(2,13)14)10-9(12)8-6-4-3-5-7-8/h3-7H,1-2H3,(H,10,12). The molecule has 0 aromatic heterocycles. The molecule has 1 aromatic rings. The van der Waals surface area contributed by atoms with Crippen molar-refractivity contribution in [2.75, 3.05) is 13.3 Å². The summed E-state index contributed by atoms with van der Waals surface area (Å²) < 4.78 is 22.8. The zero-order chi connectivity index (χ0) is 11.5. The Balaban J connectivity index is 2.74. The van der Waals surface area contributed by atoms with Crippen molar-refractivity contribution in [3.63, 3.8) is 0 Å². The maximum absolute atomic E-state index is 11.5. The maximum atomic E-state index is 11.5. The molecule has 0 saturated heterocycles. The van der Waals surface area contributed by atoms with Crippen molar-refractivity contribution in [2.45, 2.75) is 0 Å². The Morgan fingerprint density at radius 1 is 1.27 bits per heavy atom. The molecule has 0 unspecified atom stereocenters. The molecule has 0 heterocycles. The van der Waals surface area contributed by atoms with Gasteiger partial charge in [0, 0.05) is 12.6 Å². The van der Waals surface area contributed by atoms with Crippen molar-refractivity contribution in [2.24, 2.45) is 0 Å². The number of amides is 1. The lowest BCUT2D eigenvalue weighted by Crippen LogP contribution is -2.42. The molecule has 1 amide bonds. The third-order valence-corrected chi connectivity index (χ3v) is 2.88. The van der Waals surface area contributed by atoms with E-state index in [2.05, 4.69) is 5.43 Å². The number of nitrogens with zero attached hydrogens (tertiary/aromatic N) is 1. The number of nitrogens with one attached hydrogen (secondary N) is 1. The summed E-state index contributed by atoms with van der Waals surface area (Å²) in [6.07, 6.45) is 1.01. The van der Waals surface area contributed by atoms with E-state index in [1.54, 1.807) is 30.3 Å². The number of rotatable bonds is 3. The first-order valence-corrected chi connectivity index (χ1v) is 6.06. The van der Waals surface area contributed by atoms with Crippen molar-refractivity contribution < 1.29 is 13.2 Å². The van der Waals surface area contributed by atoms with Crippen molar-refractivity contribution in [3.8, 4) is 0 Å². The van der Waals surface area contributed by atoms with Gasteiger partial charge < -0.3 is 0 Å². The lowest BCUT2D eigenvalue weighted by atomic mass is 10.2. The lowest BCUT2D eigenvalue weighted by molar-refractivity contribution is 0.0894. The Bertz CT molecular complexity index is 442. The first-order chi connectivity index (χ1) is 6.91. The Labute approximate surface area is 88.7 Å². The highest BCUT2D eigenvalue weighted by Gasteiger charge is 2.14. The molecular weight excluding hydrogens is 216 g/mol. The summed E-state index contributed by atoms with van der Waals surface area (Å²) in [5, 5.41) is 0. The van der Waals surface area contributed by atoms with E-state index < -0.39 is 15.9 Å². The molecule has 5 nitrogen and oxygen atoms in total. The minimum atomic E-state index is -3.40. The molecule has 0 aliphatic carbocycles. The Kier molecular flexibility index (Phi) is 3.43. The minimum Gasteiger partial charge on any atom is -0.271 e. The number of hydrogen-bond acceptors (Lipinski definition) is 3. The zero-order valence-corrected chi connectivity index (χ0v) is 9.28. The van der Waals surface area contributed by atoms with E-state index in [0.29, 0.717) is 5.56 Å². The quantitative estimate of drug-likeness (QED) is 0.753. The van der Waals surface area contributed by atoms with Gasteiger partial charge in [0.1, 0.15) is 0 Å². The number of carbonyl (C=O) groups is 1. The van der Waals surface area contributed by atoms with Crippen LogP contribution in [0.25, 0.3) is 0 Å². The normalized spacial score (nSPS) is 11.4. The van der Waals surface area contributed by atoms with Crippen molar-refractivity contribution in [3.05, 3.63) is 35.9 Å². The van der Waals surface area contributed by atoms with Crippen LogP contribution in [0.15, 0.2) is 30.3 Å². The van der Waals surface area contributed by atoms with Crippen LogP contribution in [0.5, 0.6) is 0 Å². The van der Waals surface area contributed by atoms with Crippen LogP contribution in [0.3, 0.4) is 0 Å². The predicted octanol–water partition coefficient (Wildman–Crippen LogP) is 0.223. The summed E-state index contributed by atoms with van der Waals surface area (Å²) in [6.45, 7) is 0. The van der Waals surface area contributed by atoms with Crippen molar-refractivity contribution in [1.82, 2.24) is 9.84 Å². The molecule has 1 aromatic carbocycles. The van der Waals surface area contributed by atoms with Crippen LogP contribution in [0.4, 0.5) is 0 Å².